The molecule has 100 valence electrons. The molecule has 1 amide bonds. The van der Waals surface area contributed by atoms with Gasteiger partial charge in [-0.25, -0.2) is 4.79 Å². The minimum absolute atomic E-state index is 0.0595. The van der Waals surface area contributed by atoms with Gasteiger partial charge in [0.2, 0.25) is 0 Å². The van der Waals surface area contributed by atoms with E-state index in [1.54, 1.807) is 20.8 Å². The van der Waals surface area contributed by atoms with Crippen molar-refractivity contribution in [3.63, 3.8) is 0 Å². The Balaban J connectivity index is 2.74. The molecular formula is C9H17ClN2O4S. The summed E-state index contributed by atoms with van der Waals surface area (Å²) in [5.41, 5.74) is -0.725. The Morgan fingerprint density at radius 3 is 2.59 bits per heavy atom. The molecule has 6 nitrogen and oxygen atoms in total. The first-order chi connectivity index (χ1) is 7.65. The normalized spacial score (nSPS) is 23.8. The van der Waals surface area contributed by atoms with E-state index in [0.717, 1.165) is 0 Å². The van der Waals surface area contributed by atoms with Crippen LogP contribution in [0.3, 0.4) is 0 Å². The summed E-state index contributed by atoms with van der Waals surface area (Å²) in [6, 6.07) is -0.343. The van der Waals surface area contributed by atoms with Gasteiger partial charge in [0.25, 0.3) is 0 Å². The van der Waals surface area contributed by atoms with Crippen molar-refractivity contribution in [2.75, 3.05) is 12.4 Å². The van der Waals surface area contributed by atoms with Gasteiger partial charge in [-0.15, -0.1) is 11.6 Å². The average Bonchev–Trinajstić information content (AvgIpc) is 2.38. The van der Waals surface area contributed by atoms with Gasteiger partial charge in [-0.2, -0.15) is 17.4 Å². The van der Waals surface area contributed by atoms with Gasteiger partial charge in [0.1, 0.15) is 5.60 Å². The molecule has 1 aliphatic rings. The number of hydrogen-bond acceptors (Lipinski definition) is 4. The smallest absolute Gasteiger partial charge is 0.425 e. The van der Waals surface area contributed by atoms with Crippen LogP contribution in [0.4, 0.5) is 4.79 Å². The highest BCUT2D eigenvalue weighted by Crippen LogP contribution is 2.18. The molecule has 1 N–H and O–H groups in total. The third-order valence-electron chi connectivity index (χ3n) is 2.05. The summed E-state index contributed by atoms with van der Waals surface area (Å²) in [6.45, 7) is 5.09. The van der Waals surface area contributed by atoms with E-state index in [1.807, 2.05) is 0 Å². The average molecular weight is 285 g/mol. The summed E-state index contributed by atoms with van der Waals surface area (Å²) in [5.74, 6) is 0.329. The van der Waals surface area contributed by atoms with Crippen molar-refractivity contribution in [3.05, 3.63) is 0 Å². The van der Waals surface area contributed by atoms with E-state index in [1.165, 1.54) is 0 Å². The van der Waals surface area contributed by atoms with Crippen molar-refractivity contribution in [2.24, 2.45) is 0 Å². The number of hydrogen-bond donors (Lipinski definition) is 1. The maximum atomic E-state index is 11.7. The lowest BCUT2D eigenvalue weighted by Crippen LogP contribution is -2.39. The van der Waals surface area contributed by atoms with Gasteiger partial charge in [0.05, 0.1) is 6.54 Å². The van der Waals surface area contributed by atoms with E-state index >= 15 is 0 Å². The SMILES string of the molecule is CC(C)(C)OC(=O)N1C[C@H](CCCl)NS1(=O)=O. The van der Waals surface area contributed by atoms with Crippen LogP contribution in [0.15, 0.2) is 0 Å². The first-order valence-corrected chi connectivity index (χ1v) is 7.22. The van der Waals surface area contributed by atoms with Gasteiger partial charge >= 0.3 is 16.3 Å². The Morgan fingerprint density at radius 1 is 1.53 bits per heavy atom. The van der Waals surface area contributed by atoms with Crippen molar-refractivity contribution in [2.45, 2.75) is 38.8 Å². The predicted octanol–water partition coefficient (Wildman–Crippen LogP) is 1.07. The molecule has 1 heterocycles. The highest BCUT2D eigenvalue weighted by Gasteiger charge is 2.40. The van der Waals surface area contributed by atoms with Gasteiger partial charge in [-0.05, 0) is 27.2 Å². The molecule has 0 aromatic carbocycles. The summed E-state index contributed by atoms with van der Waals surface area (Å²) < 4.78 is 31.4. The fourth-order valence-electron chi connectivity index (χ4n) is 1.38. The minimum atomic E-state index is -3.78. The molecule has 0 unspecified atom stereocenters. The monoisotopic (exact) mass is 284 g/mol. The zero-order chi connectivity index (χ0) is 13.3. The van der Waals surface area contributed by atoms with Crippen molar-refractivity contribution < 1.29 is 17.9 Å². The molecule has 1 saturated heterocycles. The highest BCUT2D eigenvalue weighted by atomic mass is 35.5. The van der Waals surface area contributed by atoms with E-state index in [-0.39, 0.29) is 12.6 Å². The second kappa shape index (κ2) is 4.99. The zero-order valence-corrected chi connectivity index (χ0v) is 11.6. The number of alkyl halides is 1. The minimum Gasteiger partial charge on any atom is -0.443 e. The van der Waals surface area contributed by atoms with Crippen molar-refractivity contribution in [1.82, 2.24) is 9.03 Å². The number of halogens is 1. The van der Waals surface area contributed by atoms with Gasteiger partial charge in [-0.3, -0.25) is 0 Å². The molecule has 0 saturated carbocycles. The number of ether oxygens (including phenoxy) is 1. The molecule has 17 heavy (non-hydrogen) atoms. The molecule has 1 atom stereocenters. The Labute approximate surface area is 106 Å². The molecular weight excluding hydrogens is 268 g/mol. The maximum absolute atomic E-state index is 11.7. The maximum Gasteiger partial charge on any atom is 0.425 e. The van der Waals surface area contributed by atoms with Crippen LogP contribution in [0, 0.1) is 0 Å². The third kappa shape index (κ3) is 4.01. The van der Waals surface area contributed by atoms with Crippen LogP contribution in [-0.4, -0.2) is 42.9 Å². The van der Waals surface area contributed by atoms with Crippen LogP contribution in [0.1, 0.15) is 27.2 Å². The van der Waals surface area contributed by atoms with E-state index in [2.05, 4.69) is 4.72 Å². The van der Waals surface area contributed by atoms with Crippen molar-refractivity contribution in [3.8, 4) is 0 Å². The lowest BCUT2D eigenvalue weighted by atomic mass is 10.2. The second-order valence-electron chi connectivity index (χ2n) is 4.81. The predicted molar refractivity (Wildman–Crippen MR) is 64.1 cm³/mol. The fourth-order valence-corrected chi connectivity index (χ4v) is 2.99. The Bertz CT molecular complexity index is 390. The van der Waals surface area contributed by atoms with Gasteiger partial charge in [0, 0.05) is 11.9 Å². The summed E-state index contributed by atoms with van der Waals surface area (Å²) in [6.07, 6.45) is -0.387. The quantitative estimate of drug-likeness (QED) is 0.770. The second-order valence-corrected chi connectivity index (χ2v) is 6.81. The van der Waals surface area contributed by atoms with E-state index < -0.39 is 21.9 Å². The number of rotatable bonds is 2. The molecule has 1 rings (SSSR count). The van der Waals surface area contributed by atoms with Crippen LogP contribution in [-0.2, 0) is 14.9 Å². The van der Waals surface area contributed by atoms with Crippen LogP contribution in [0.5, 0.6) is 0 Å². The Hall–Kier alpha value is -0.530. The number of nitrogens with zero attached hydrogens (tertiary/aromatic N) is 1. The molecule has 1 aliphatic heterocycles. The number of amides is 1. The lowest BCUT2D eigenvalue weighted by Gasteiger charge is -2.23. The van der Waals surface area contributed by atoms with Crippen molar-refractivity contribution >= 4 is 27.9 Å². The summed E-state index contributed by atoms with van der Waals surface area (Å²) in [5, 5.41) is 0. The van der Waals surface area contributed by atoms with Crippen LogP contribution >= 0.6 is 11.6 Å². The molecule has 0 spiro atoms. The van der Waals surface area contributed by atoms with Crippen molar-refractivity contribution in [1.29, 1.82) is 0 Å². The number of nitrogens with one attached hydrogen (secondary N) is 1. The van der Waals surface area contributed by atoms with Gasteiger partial charge in [-0.1, -0.05) is 0 Å². The number of carbonyl (C=O) groups is 1. The summed E-state index contributed by atoms with van der Waals surface area (Å²) in [7, 11) is -3.78. The fraction of sp³-hybridized carbons (Fsp3) is 0.889. The first-order valence-electron chi connectivity index (χ1n) is 5.24. The molecule has 0 radical (unpaired) electrons. The molecule has 0 bridgehead atoms. The van der Waals surface area contributed by atoms with E-state index in [9.17, 15) is 13.2 Å². The molecule has 1 fully saturated rings. The van der Waals surface area contributed by atoms with E-state index in [0.29, 0.717) is 16.6 Å². The number of carbonyl (C=O) groups excluding carboxylic acids is 1. The zero-order valence-electron chi connectivity index (χ0n) is 10.1. The summed E-state index contributed by atoms with van der Waals surface area (Å²) in [4.78, 5) is 11.7. The van der Waals surface area contributed by atoms with E-state index in [4.69, 9.17) is 16.3 Å². The van der Waals surface area contributed by atoms with Crippen LogP contribution < -0.4 is 4.72 Å². The first kappa shape index (κ1) is 14.5. The summed E-state index contributed by atoms with van der Waals surface area (Å²) >= 11 is 5.54. The molecule has 0 aromatic heterocycles. The highest BCUT2D eigenvalue weighted by molar-refractivity contribution is 7.87. The van der Waals surface area contributed by atoms with Crippen LogP contribution in [0.2, 0.25) is 0 Å². The third-order valence-corrected chi connectivity index (χ3v) is 3.77. The Kier molecular flexibility index (Phi) is 4.27. The topological polar surface area (TPSA) is 75.7 Å². The molecule has 0 aliphatic carbocycles. The standard InChI is InChI=1S/C9H17ClN2O4S/c1-9(2,3)16-8(13)12-6-7(4-5-10)11-17(12,14)15/h7,11H,4-6H2,1-3H3/t7-/m0/s1. The van der Waals surface area contributed by atoms with Gasteiger partial charge < -0.3 is 4.74 Å². The van der Waals surface area contributed by atoms with Gasteiger partial charge in [0.15, 0.2) is 0 Å². The molecule has 0 aromatic rings. The lowest BCUT2D eigenvalue weighted by molar-refractivity contribution is 0.0398. The Morgan fingerprint density at radius 2 is 2.12 bits per heavy atom. The van der Waals surface area contributed by atoms with Crippen LogP contribution in [0.25, 0.3) is 0 Å². The largest absolute Gasteiger partial charge is 0.443 e. The molecule has 8 heteroatoms.